The lowest BCUT2D eigenvalue weighted by molar-refractivity contribution is 0.00421. The molecule has 11 heavy (non-hydrogen) atoms. The van der Waals surface area contributed by atoms with Crippen LogP contribution in [0.1, 0.15) is 0 Å². The molecule has 0 aliphatic carbocycles. The molecule has 0 bridgehead atoms. The Morgan fingerprint density at radius 2 is 2.18 bits per heavy atom. The topological polar surface area (TPSA) is 93.8 Å². The molecule has 0 unspecified atom stereocenters. The third-order valence-electron chi connectivity index (χ3n) is 0.738. The van der Waals surface area contributed by atoms with E-state index in [-0.39, 0.29) is 19.8 Å². The number of hydrogen-bond acceptors (Lipinski definition) is 4. The molecule has 0 aromatic rings. The van der Waals surface area contributed by atoms with E-state index >= 15 is 0 Å². The van der Waals surface area contributed by atoms with Crippen molar-refractivity contribution in [3.63, 3.8) is 0 Å². The van der Waals surface area contributed by atoms with Crippen LogP contribution in [0.15, 0.2) is 0 Å². The van der Waals surface area contributed by atoms with E-state index in [2.05, 4.69) is 10.6 Å². The van der Waals surface area contributed by atoms with Crippen LogP contribution in [-0.2, 0) is 9.57 Å². The highest BCUT2D eigenvalue weighted by Gasteiger charge is 1.90. The highest BCUT2D eigenvalue weighted by molar-refractivity contribution is 5.70. The van der Waals surface area contributed by atoms with Crippen molar-refractivity contribution in [1.82, 2.24) is 5.48 Å². The van der Waals surface area contributed by atoms with E-state index in [1.807, 2.05) is 5.48 Å². The number of nitrogens with two attached hydrogens (primary N) is 1. The maximum Gasteiger partial charge on any atom is 0.336 e. The number of primary amides is 1. The molecule has 4 N–H and O–H groups in total. The van der Waals surface area contributed by atoms with Gasteiger partial charge in [-0.3, -0.25) is 4.84 Å². The van der Waals surface area contributed by atoms with Gasteiger partial charge in [0.05, 0.1) is 26.4 Å². The largest absolute Gasteiger partial charge is 0.394 e. The number of rotatable bonds is 6. The van der Waals surface area contributed by atoms with Crippen LogP contribution in [0.4, 0.5) is 4.79 Å². The van der Waals surface area contributed by atoms with E-state index < -0.39 is 6.03 Å². The molecule has 0 radical (unpaired) electrons. The first kappa shape index (κ1) is 10.2. The molecule has 6 heteroatoms. The molecule has 0 saturated heterocycles. The third-order valence-corrected chi connectivity index (χ3v) is 0.738. The number of carbonyl (C=O) groups excluding carboxylic acids is 1. The second kappa shape index (κ2) is 7.26. The van der Waals surface area contributed by atoms with Crippen LogP contribution in [0, 0.1) is 0 Å². The summed E-state index contributed by atoms with van der Waals surface area (Å²) in [6.45, 7) is 0.757. The second-order valence-electron chi connectivity index (χ2n) is 1.65. The van der Waals surface area contributed by atoms with Crippen molar-refractivity contribution in [3.8, 4) is 0 Å². The zero-order chi connectivity index (χ0) is 8.53. The molecular formula is C5H12N2O4. The Morgan fingerprint density at radius 3 is 2.73 bits per heavy atom. The van der Waals surface area contributed by atoms with Gasteiger partial charge in [-0.25, -0.2) is 10.3 Å². The van der Waals surface area contributed by atoms with Crippen molar-refractivity contribution in [1.29, 1.82) is 0 Å². The number of hydroxylamine groups is 1. The van der Waals surface area contributed by atoms with Crippen molar-refractivity contribution >= 4 is 6.03 Å². The summed E-state index contributed by atoms with van der Waals surface area (Å²) in [6, 6.07) is -0.743. The van der Waals surface area contributed by atoms with Crippen LogP contribution in [0.2, 0.25) is 0 Å². The van der Waals surface area contributed by atoms with Crippen LogP contribution in [0.3, 0.4) is 0 Å². The molecule has 0 aliphatic heterocycles. The summed E-state index contributed by atoms with van der Waals surface area (Å²) in [5.41, 5.74) is 6.60. The summed E-state index contributed by atoms with van der Waals surface area (Å²) in [7, 11) is 0. The second-order valence-corrected chi connectivity index (χ2v) is 1.65. The Bertz CT molecular complexity index is 109. The maximum atomic E-state index is 9.99. The van der Waals surface area contributed by atoms with E-state index in [0.717, 1.165) is 0 Å². The highest BCUT2D eigenvalue weighted by Crippen LogP contribution is 1.73. The van der Waals surface area contributed by atoms with Gasteiger partial charge in [-0.2, -0.15) is 0 Å². The number of aliphatic hydroxyl groups is 1. The van der Waals surface area contributed by atoms with Crippen molar-refractivity contribution in [2.24, 2.45) is 5.73 Å². The zero-order valence-corrected chi connectivity index (χ0v) is 6.08. The first-order chi connectivity index (χ1) is 5.27. The fourth-order valence-electron chi connectivity index (χ4n) is 0.389. The summed E-state index contributed by atoms with van der Waals surface area (Å²) >= 11 is 0. The van der Waals surface area contributed by atoms with Gasteiger partial charge in [0.25, 0.3) is 0 Å². The quantitative estimate of drug-likeness (QED) is 0.332. The first-order valence-corrected chi connectivity index (χ1v) is 3.13. The average Bonchev–Trinajstić information content (AvgIpc) is 1.96. The average molecular weight is 164 g/mol. The number of urea groups is 1. The number of nitrogens with one attached hydrogen (secondary N) is 1. The van der Waals surface area contributed by atoms with Gasteiger partial charge in [0.15, 0.2) is 0 Å². The van der Waals surface area contributed by atoms with Crippen LogP contribution >= 0.6 is 0 Å². The van der Waals surface area contributed by atoms with Crippen molar-refractivity contribution in [2.75, 3.05) is 26.4 Å². The van der Waals surface area contributed by atoms with Gasteiger partial charge >= 0.3 is 6.03 Å². The molecule has 0 aromatic heterocycles. The molecule has 0 atom stereocenters. The van der Waals surface area contributed by atoms with Gasteiger partial charge in [-0.15, -0.1) is 0 Å². The third kappa shape index (κ3) is 9.15. The van der Waals surface area contributed by atoms with Crippen LogP contribution in [-0.4, -0.2) is 37.6 Å². The predicted molar refractivity (Wildman–Crippen MR) is 36.6 cm³/mol. The van der Waals surface area contributed by atoms with Crippen molar-refractivity contribution in [3.05, 3.63) is 0 Å². The van der Waals surface area contributed by atoms with Gasteiger partial charge in [0.2, 0.25) is 0 Å². The van der Waals surface area contributed by atoms with Crippen molar-refractivity contribution < 1.29 is 19.5 Å². The number of aliphatic hydroxyl groups excluding tert-OH is 1. The summed E-state index contributed by atoms with van der Waals surface area (Å²) in [5, 5.41) is 8.26. The summed E-state index contributed by atoms with van der Waals surface area (Å²) in [6.07, 6.45) is 0. The maximum absolute atomic E-state index is 9.99. The first-order valence-electron chi connectivity index (χ1n) is 3.13. The monoisotopic (exact) mass is 164 g/mol. The molecule has 0 heterocycles. The highest BCUT2D eigenvalue weighted by atomic mass is 16.7. The minimum atomic E-state index is -0.743. The molecule has 6 nitrogen and oxygen atoms in total. The number of ether oxygens (including phenoxy) is 1. The lowest BCUT2D eigenvalue weighted by Gasteiger charge is -2.02. The molecule has 0 rings (SSSR count). The van der Waals surface area contributed by atoms with E-state index in [4.69, 9.17) is 9.84 Å². The summed E-state index contributed by atoms with van der Waals surface area (Å²) in [4.78, 5) is 14.5. The molecule has 0 aliphatic rings. The number of carbonyl (C=O) groups is 1. The van der Waals surface area contributed by atoms with Crippen LogP contribution in [0.25, 0.3) is 0 Å². The summed E-state index contributed by atoms with van der Waals surface area (Å²) < 4.78 is 4.80. The Hall–Kier alpha value is -0.850. The Labute approximate surface area is 64.2 Å². The van der Waals surface area contributed by atoms with Gasteiger partial charge in [-0.1, -0.05) is 0 Å². The SMILES string of the molecule is NC(=O)NOCCOCCO. The molecule has 66 valence electrons. The fourth-order valence-corrected chi connectivity index (χ4v) is 0.389. The minimum absolute atomic E-state index is 0.0246. The normalized spacial score (nSPS) is 9.55. The standard InChI is InChI=1S/C5H12N2O4/c6-5(9)7-11-4-3-10-2-1-8/h8H,1-4H2,(H3,6,7,9). The van der Waals surface area contributed by atoms with Gasteiger partial charge in [0.1, 0.15) is 0 Å². The van der Waals surface area contributed by atoms with E-state index in [1.54, 1.807) is 0 Å². The van der Waals surface area contributed by atoms with Crippen LogP contribution < -0.4 is 11.2 Å². The molecule has 2 amide bonds. The van der Waals surface area contributed by atoms with E-state index in [1.165, 1.54) is 0 Å². The van der Waals surface area contributed by atoms with Crippen molar-refractivity contribution in [2.45, 2.75) is 0 Å². The Balaban J connectivity index is 2.85. The van der Waals surface area contributed by atoms with Gasteiger partial charge in [0, 0.05) is 0 Å². The molecule has 0 aromatic carbocycles. The van der Waals surface area contributed by atoms with Crippen LogP contribution in [0.5, 0.6) is 0 Å². The van der Waals surface area contributed by atoms with Gasteiger partial charge < -0.3 is 15.6 Å². The predicted octanol–water partition coefficient (Wildman–Crippen LogP) is -1.40. The zero-order valence-electron chi connectivity index (χ0n) is 6.08. The number of amides is 2. The fraction of sp³-hybridized carbons (Fsp3) is 0.800. The molecular weight excluding hydrogens is 152 g/mol. The Kier molecular flexibility index (Phi) is 6.70. The van der Waals surface area contributed by atoms with E-state index in [9.17, 15) is 4.79 Å². The van der Waals surface area contributed by atoms with Gasteiger partial charge in [-0.05, 0) is 0 Å². The lowest BCUT2D eigenvalue weighted by atomic mass is 10.7. The molecule has 0 spiro atoms. The molecule has 0 saturated carbocycles. The van der Waals surface area contributed by atoms with E-state index in [0.29, 0.717) is 6.61 Å². The Morgan fingerprint density at radius 1 is 1.45 bits per heavy atom. The summed E-state index contributed by atoms with van der Waals surface area (Å²) in [5.74, 6) is 0. The minimum Gasteiger partial charge on any atom is -0.394 e. The number of hydrogen-bond donors (Lipinski definition) is 3. The molecule has 0 fully saturated rings. The smallest absolute Gasteiger partial charge is 0.336 e. The lowest BCUT2D eigenvalue weighted by Crippen LogP contribution is -2.30.